The van der Waals surface area contributed by atoms with Gasteiger partial charge in [-0.25, -0.2) is 0 Å². The first-order valence-corrected chi connectivity index (χ1v) is 7.25. The van der Waals surface area contributed by atoms with Gasteiger partial charge in [0.15, 0.2) is 0 Å². The molecule has 1 fully saturated rings. The van der Waals surface area contributed by atoms with Gasteiger partial charge >= 0.3 is 0 Å². The number of hydrogen-bond acceptors (Lipinski definition) is 3. The molecule has 0 aromatic heterocycles. The van der Waals surface area contributed by atoms with Crippen molar-refractivity contribution in [1.29, 1.82) is 0 Å². The van der Waals surface area contributed by atoms with Gasteiger partial charge in [-0.05, 0) is 30.5 Å². The van der Waals surface area contributed by atoms with E-state index in [-0.39, 0.29) is 24.3 Å². The van der Waals surface area contributed by atoms with E-state index in [9.17, 15) is 9.59 Å². The highest BCUT2D eigenvalue weighted by atomic mass is 16.5. The average molecular weight is 290 g/mol. The Balaban J connectivity index is 1.96. The van der Waals surface area contributed by atoms with E-state index in [1.807, 2.05) is 45.0 Å². The van der Waals surface area contributed by atoms with Crippen molar-refractivity contribution in [2.24, 2.45) is 5.92 Å². The quantitative estimate of drug-likeness (QED) is 0.890. The summed E-state index contributed by atoms with van der Waals surface area (Å²) < 4.78 is 5.68. The van der Waals surface area contributed by atoms with E-state index < -0.39 is 6.04 Å². The molecule has 1 atom stereocenters. The molecule has 5 nitrogen and oxygen atoms in total. The van der Waals surface area contributed by atoms with Crippen LogP contribution in [0.4, 0.5) is 0 Å². The third-order valence-corrected chi connectivity index (χ3v) is 3.56. The molecule has 0 radical (unpaired) electrons. The molecular weight excluding hydrogens is 268 g/mol. The molecule has 1 heterocycles. The maximum atomic E-state index is 12.0. The molecule has 1 unspecified atom stereocenters. The molecule has 114 valence electrons. The van der Waals surface area contributed by atoms with Crippen LogP contribution in [0, 0.1) is 12.8 Å². The molecule has 0 aliphatic carbocycles. The van der Waals surface area contributed by atoms with Crippen LogP contribution in [0.1, 0.15) is 19.4 Å². The lowest BCUT2D eigenvalue weighted by Crippen LogP contribution is -2.60. The maximum Gasteiger partial charge on any atom is 0.243 e. The van der Waals surface area contributed by atoms with Gasteiger partial charge in [0.2, 0.25) is 11.8 Å². The monoisotopic (exact) mass is 290 g/mol. The van der Waals surface area contributed by atoms with Crippen molar-refractivity contribution in [2.75, 3.05) is 19.7 Å². The van der Waals surface area contributed by atoms with Gasteiger partial charge in [0, 0.05) is 0 Å². The minimum Gasteiger partial charge on any atom is -0.492 e. The summed E-state index contributed by atoms with van der Waals surface area (Å²) in [5.74, 6) is 0.722. The molecule has 0 spiro atoms. The fraction of sp³-hybridized carbons (Fsp3) is 0.500. The Kier molecular flexibility index (Phi) is 4.83. The van der Waals surface area contributed by atoms with Crippen LogP contribution in [-0.4, -0.2) is 42.5 Å². The molecule has 21 heavy (non-hydrogen) atoms. The zero-order chi connectivity index (χ0) is 15.4. The number of hydrogen-bond donors (Lipinski definition) is 1. The van der Waals surface area contributed by atoms with Gasteiger partial charge in [0.25, 0.3) is 0 Å². The topological polar surface area (TPSA) is 58.6 Å². The standard InChI is InChI=1S/C16H22N2O3/c1-11(2)15-16(20)17-10-14(19)18(15)7-8-21-13-6-4-5-12(3)9-13/h4-6,9,11,15H,7-8,10H2,1-3H3,(H,17,20). The predicted molar refractivity (Wildman–Crippen MR) is 80.0 cm³/mol. The van der Waals surface area contributed by atoms with Crippen LogP contribution in [0.15, 0.2) is 24.3 Å². The smallest absolute Gasteiger partial charge is 0.243 e. The van der Waals surface area contributed by atoms with Crippen molar-refractivity contribution >= 4 is 11.8 Å². The highest BCUT2D eigenvalue weighted by Crippen LogP contribution is 2.16. The fourth-order valence-electron chi connectivity index (χ4n) is 2.56. The third kappa shape index (κ3) is 3.74. The first kappa shape index (κ1) is 15.4. The SMILES string of the molecule is Cc1cccc(OCCN2C(=O)CNC(=O)C2C(C)C)c1. The zero-order valence-electron chi connectivity index (χ0n) is 12.8. The van der Waals surface area contributed by atoms with Crippen LogP contribution < -0.4 is 10.1 Å². The number of nitrogens with one attached hydrogen (secondary N) is 1. The van der Waals surface area contributed by atoms with Gasteiger partial charge < -0.3 is 15.0 Å². The summed E-state index contributed by atoms with van der Waals surface area (Å²) in [5.41, 5.74) is 1.13. The van der Waals surface area contributed by atoms with Crippen molar-refractivity contribution < 1.29 is 14.3 Å². The fourth-order valence-corrected chi connectivity index (χ4v) is 2.56. The number of aryl methyl sites for hydroxylation is 1. The Morgan fingerprint density at radius 2 is 2.14 bits per heavy atom. The first-order chi connectivity index (χ1) is 9.99. The Morgan fingerprint density at radius 3 is 2.81 bits per heavy atom. The summed E-state index contributed by atoms with van der Waals surface area (Å²) in [7, 11) is 0. The van der Waals surface area contributed by atoms with E-state index >= 15 is 0 Å². The molecule has 5 heteroatoms. The van der Waals surface area contributed by atoms with Gasteiger partial charge in [-0.1, -0.05) is 26.0 Å². The summed E-state index contributed by atoms with van der Waals surface area (Å²) in [6, 6.07) is 7.36. The minimum atomic E-state index is -0.410. The van der Waals surface area contributed by atoms with E-state index in [0.717, 1.165) is 11.3 Å². The second kappa shape index (κ2) is 6.61. The first-order valence-electron chi connectivity index (χ1n) is 7.25. The number of rotatable bonds is 5. The molecule has 1 aromatic rings. The molecule has 2 rings (SSSR count). The van der Waals surface area contributed by atoms with Crippen LogP contribution in [0.5, 0.6) is 5.75 Å². The Hall–Kier alpha value is -2.04. The summed E-state index contributed by atoms with van der Waals surface area (Å²) in [4.78, 5) is 25.6. The number of carbonyl (C=O) groups excluding carboxylic acids is 2. The zero-order valence-corrected chi connectivity index (χ0v) is 12.8. The molecule has 1 saturated heterocycles. The molecule has 1 N–H and O–H groups in total. The van der Waals surface area contributed by atoms with Gasteiger partial charge in [-0.15, -0.1) is 0 Å². The van der Waals surface area contributed by atoms with E-state index in [1.54, 1.807) is 4.90 Å². The lowest BCUT2D eigenvalue weighted by molar-refractivity contribution is -0.147. The normalized spacial score (nSPS) is 18.9. The molecule has 1 aliphatic rings. The van der Waals surface area contributed by atoms with Crippen molar-refractivity contribution in [1.82, 2.24) is 10.2 Å². The lowest BCUT2D eigenvalue weighted by Gasteiger charge is -2.37. The summed E-state index contributed by atoms with van der Waals surface area (Å²) in [6.07, 6.45) is 0. The van der Waals surface area contributed by atoms with Gasteiger partial charge in [-0.3, -0.25) is 9.59 Å². The van der Waals surface area contributed by atoms with Crippen LogP contribution >= 0.6 is 0 Å². The number of amides is 2. The highest BCUT2D eigenvalue weighted by Gasteiger charge is 2.36. The molecular formula is C16H22N2O3. The largest absolute Gasteiger partial charge is 0.492 e. The van der Waals surface area contributed by atoms with Gasteiger partial charge in [0.1, 0.15) is 18.4 Å². The minimum absolute atomic E-state index is 0.0545. The van der Waals surface area contributed by atoms with E-state index in [0.29, 0.717) is 13.2 Å². The summed E-state index contributed by atoms with van der Waals surface area (Å²) in [5, 5.41) is 2.64. The molecule has 1 aromatic carbocycles. The van der Waals surface area contributed by atoms with Crippen LogP contribution in [0.25, 0.3) is 0 Å². The highest BCUT2D eigenvalue weighted by molar-refractivity contribution is 5.94. The Labute approximate surface area is 125 Å². The average Bonchev–Trinajstić information content (AvgIpc) is 2.42. The van der Waals surface area contributed by atoms with Crippen LogP contribution in [-0.2, 0) is 9.59 Å². The Morgan fingerprint density at radius 1 is 1.38 bits per heavy atom. The molecule has 1 aliphatic heterocycles. The molecule has 0 saturated carbocycles. The van der Waals surface area contributed by atoms with Crippen LogP contribution in [0.3, 0.4) is 0 Å². The van der Waals surface area contributed by atoms with E-state index in [4.69, 9.17) is 4.74 Å². The lowest BCUT2D eigenvalue weighted by atomic mass is 9.99. The second-order valence-electron chi connectivity index (χ2n) is 5.66. The van der Waals surface area contributed by atoms with Gasteiger partial charge in [-0.2, -0.15) is 0 Å². The van der Waals surface area contributed by atoms with Crippen molar-refractivity contribution in [3.63, 3.8) is 0 Å². The number of ether oxygens (including phenoxy) is 1. The third-order valence-electron chi connectivity index (χ3n) is 3.56. The van der Waals surface area contributed by atoms with Crippen LogP contribution in [0.2, 0.25) is 0 Å². The number of benzene rings is 1. The van der Waals surface area contributed by atoms with E-state index in [2.05, 4.69) is 5.32 Å². The summed E-state index contributed by atoms with van der Waals surface area (Å²) >= 11 is 0. The Bertz CT molecular complexity index is 528. The number of carbonyl (C=O) groups is 2. The molecule has 0 bridgehead atoms. The second-order valence-corrected chi connectivity index (χ2v) is 5.66. The summed E-state index contributed by atoms with van der Waals surface area (Å²) in [6.45, 7) is 6.76. The predicted octanol–water partition coefficient (Wildman–Crippen LogP) is 1.36. The number of piperazine rings is 1. The van der Waals surface area contributed by atoms with Crippen molar-refractivity contribution in [3.8, 4) is 5.75 Å². The van der Waals surface area contributed by atoms with Gasteiger partial charge in [0.05, 0.1) is 13.1 Å². The number of nitrogens with zero attached hydrogens (tertiary/aromatic N) is 1. The van der Waals surface area contributed by atoms with Crippen molar-refractivity contribution in [2.45, 2.75) is 26.8 Å². The maximum absolute atomic E-state index is 12.0. The van der Waals surface area contributed by atoms with E-state index in [1.165, 1.54) is 0 Å². The van der Waals surface area contributed by atoms with Crippen molar-refractivity contribution in [3.05, 3.63) is 29.8 Å². The molecule has 2 amide bonds.